The average molecular weight is 165 g/mol. The van der Waals surface area contributed by atoms with E-state index in [2.05, 4.69) is 10.0 Å². The van der Waals surface area contributed by atoms with E-state index in [4.69, 9.17) is 10.6 Å². The smallest absolute Gasteiger partial charge is 0.122 e. The van der Waals surface area contributed by atoms with Crippen LogP contribution in [0.3, 0.4) is 0 Å². The highest BCUT2D eigenvalue weighted by Crippen LogP contribution is 2.22. The van der Waals surface area contributed by atoms with Crippen LogP contribution in [0.5, 0.6) is 11.5 Å². The fraction of sp³-hybridized carbons (Fsp3) is 0.143. The first kappa shape index (κ1) is 8.23. The third kappa shape index (κ3) is 1.81. The molecule has 5 heteroatoms. The van der Waals surface area contributed by atoms with Gasteiger partial charge in [0.15, 0.2) is 0 Å². The van der Waals surface area contributed by atoms with Crippen molar-refractivity contribution < 1.29 is 10.2 Å². The zero-order chi connectivity index (χ0) is 8.97. The van der Waals surface area contributed by atoms with Crippen molar-refractivity contribution in [2.45, 2.75) is 6.54 Å². The van der Waals surface area contributed by atoms with Gasteiger partial charge in [0.25, 0.3) is 0 Å². The number of rotatable bonds is 2. The summed E-state index contributed by atoms with van der Waals surface area (Å²) in [5, 5.41) is 21.3. The van der Waals surface area contributed by atoms with Crippen molar-refractivity contribution in [1.29, 1.82) is 0 Å². The van der Waals surface area contributed by atoms with E-state index in [0.29, 0.717) is 5.56 Å². The second kappa shape index (κ2) is 3.50. The molecule has 0 aromatic heterocycles. The Bertz CT molecular complexity index is 331. The molecule has 0 saturated carbocycles. The molecule has 2 N–H and O–H groups in total. The maximum Gasteiger partial charge on any atom is 0.122 e. The van der Waals surface area contributed by atoms with Crippen molar-refractivity contribution in [3.63, 3.8) is 0 Å². The van der Waals surface area contributed by atoms with Crippen LogP contribution in [0.1, 0.15) is 5.56 Å². The van der Waals surface area contributed by atoms with Crippen LogP contribution in [0.2, 0.25) is 0 Å². The summed E-state index contributed by atoms with van der Waals surface area (Å²) in [5.74, 6) is -0.0837. The van der Waals surface area contributed by atoms with Crippen molar-refractivity contribution >= 4 is 0 Å². The molecule has 0 saturated heterocycles. The van der Waals surface area contributed by atoms with E-state index >= 15 is 0 Å². The lowest BCUT2D eigenvalue weighted by molar-refractivity contribution is 0.446. The van der Waals surface area contributed by atoms with Crippen LogP contribution < -0.4 is 0 Å². The first-order valence-electron chi connectivity index (χ1n) is 3.26. The maximum absolute atomic E-state index is 9.17. The van der Waals surface area contributed by atoms with Crippen LogP contribution in [0.25, 0.3) is 10.4 Å². The largest absolute Gasteiger partial charge is 0.508 e. The molecule has 0 bridgehead atoms. The fourth-order valence-corrected chi connectivity index (χ4v) is 0.794. The molecule has 0 amide bonds. The van der Waals surface area contributed by atoms with E-state index in [9.17, 15) is 5.11 Å². The lowest BCUT2D eigenvalue weighted by Gasteiger charge is -1.99. The van der Waals surface area contributed by atoms with Gasteiger partial charge in [-0.1, -0.05) is 11.2 Å². The van der Waals surface area contributed by atoms with Crippen molar-refractivity contribution in [3.05, 3.63) is 34.2 Å². The molecule has 0 aliphatic carbocycles. The summed E-state index contributed by atoms with van der Waals surface area (Å²) in [6, 6.07) is 4.11. The van der Waals surface area contributed by atoms with E-state index in [1.54, 1.807) is 0 Å². The van der Waals surface area contributed by atoms with Gasteiger partial charge in [-0.15, -0.1) is 0 Å². The van der Waals surface area contributed by atoms with Crippen molar-refractivity contribution in [3.8, 4) is 11.5 Å². The molecule has 0 radical (unpaired) electrons. The zero-order valence-corrected chi connectivity index (χ0v) is 6.18. The number of nitrogens with zero attached hydrogens (tertiary/aromatic N) is 3. The van der Waals surface area contributed by atoms with Crippen LogP contribution in [-0.4, -0.2) is 10.2 Å². The van der Waals surface area contributed by atoms with Gasteiger partial charge in [0, 0.05) is 11.0 Å². The topological polar surface area (TPSA) is 89.2 Å². The van der Waals surface area contributed by atoms with Crippen LogP contribution in [0.4, 0.5) is 0 Å². The molecule has 0 aliphatic rings. The highest BCUT2D eigenvalue weighted by atomic mass is 16.3. The molecule has 0 fully saturated rings. The second-order valence-electron chi connectivity index (χ2n) is 2.20. The Labute approximate surface area is 68.5 Å². The molecule has 1 aromatic rings. The Kier molecular flexibility index (Phi) is 2.40. The summed E-state index contributed by atoms with van der Waals surface area (Å²) in [5.41, 5.74) is 8.49. The summed E-state index contributed by atoms with van der Waals surface area (Å²) in [4.78, 5) is 2.55. The number of aromatic hydroxyl groups is 2. The lowest BCUT2D eigenvalue weighted by Crippen LogP contribution is -1.80. The minimum Gasteiger partial charge on any atom is -0.508 e. The molecule has 0 spiro atoms. The van der Waals surface area contributed by atoms with Crippen molar-refractivity contribution in [1.82, 2.24) is 0 Å². The predicted octanol–water partition coefficient (Wildman–Crippen LogP) is 1.91. The van der Waals surface area contributed by atoms with Gasteiger partial charge in [-0.2, -0.15) is 0 Å². The maximum atomic E-state index is 9.17. The number of hydrogen-bond acceptors (Lipinski definition) is 3. The quantitative estimate of drug-likeness (QED) is 0.398. The molecular weight excluding hydrogens is 158 g/mol. The van der Waals surface area contributed by atoms with E-state index in [1.165, 1.54) is 18.2 Å². The molecule has 62 valence electrons. The highest BCUT2D eigenvalue weighted by Gasteiger charge is 1.99. The van der Waals surface area contributed by atoms with Crippen LogP contribution in [-0.2, 0) is 6.54 Å². The van der Waals surface area contributed by atoms with Gasteiger partial charge >= 0.3 is 0 Å². The fourth-order valence-electron chi connectivity index (χ4n) is 0.794. The molecule has 0 atom stereocenters. The molecule has 0 aliphatic heterocycles. The summed E-state index contributed by atoms with van der Waals surface area (Å²) in [6.45, 7) is 0.0859. The van der Waals surface area contributed by atoms with Gasteiger partial charge in [-0.3, -0.25) is 0 Å². The van der Waals surface area contributed by atoms with Gasteiger partial charge in [-0.05, 0) is 17.2 Å². The van der Waals surface area contributed by atoms with E-state index in [1.807, 2.05) is 0 Å². The summed E-state index contributed by atoms with van der Waals surface area (Å²) in [6.07, 6.45) is 0. The predicted molar refractivity (Wildman–Crippen MR) is 42.6 cm³/mol. The van der Waals surface area contributed by atoms with Gasteiger partial charge < -0.3 is 10.2 Å². The summed E-state index contributed by atoms with van der Waals surface area (Å²) >= 11 is 0. The third-order valence-corrected chi connectivity index (χ3v) is 1.37. The van der Waals surface area contributed by atoms with E-state index < -0.39 is 0 Å². The minimum atomic E-state index is -0.0672. The molecule has 1 rings (SSSR count). The van der Waals surface area contributed by atoms with Crippen LogP contribution >= 0.6 is 0 Å². The standard InChI is InChI=1S/C7H7N3O2/c8-10-9-4-5-1-2-6(11)3-7(5)12/h1-3,11-12H,4H2. The molecule has 0 unspecified atom stereocenters. The number of phenolic OH excluding ortho intramolecular Hbond substituents is 2. The molecule has 1 aromatic carbocycles. The van der Waals surface area contributed by atoms with Gasteiger partial charge in [0.05, 0.1) is 6.54 Å². The Balaban J connectivity index is 2.93. The van der Waals surface area contributed by atoms with Crippen molar-refractivity contribution in [2.75, 3.05) is 0 Å². The number of azide groups is 1. The second-order valence-corrected chi connectivity index (χ2v) is 2.20. The minimum absolute atomic E-state index is 0.0165. The number of phenols is 2. The van der Waals surface area contributed by atoms with Crippen LogP contribution in [0.15, 0.2) is 23.3 Å². The summed E-state index contributed by atoms with van der Waals surface area (Å²) in [7, 11) is 0. The SMILES string of the molecule is [N-]=[N+]=NCc1ccc(O)cc1O. The van der Waals surface area contributed by atoms with Gasteiger partial charge in [0.1, 0.15) is 11.5 Å². The normalized spacial score (nSPS) is 9.00. The van der Waals surface area contributed by atoms with Gasteiger partial charge in [0.2, 0.25) is 0 Å². The third-order valence-electron chi connectivity index (χ3n) is 1.37. The average Bonchev–Trinajstić information content (AvgIpc) is 2.03. The monoisotopic (exact) mass is 165 g/mol. The van der Waals surface area contributed by atoms with E-state index in [0.717, 1.165) is 0 Å². The van der Waals surface area contributed by atoms with Crippen LogP contribution in [0, 0.1) is 0 Å². The first-order chi connectivity index (χ1) is 5.74. The number of hydrogen-bond donors (Lipinski definition) is 2. The summed E-state index contributed by atoms with van der Waals surface area (Å²) < 4.78 is 0. The lowest BCUT2D eigenvalue weighted by atomic mass is 10.2. The Morgan fingerprint density at radius 1 is 1.42 bits per heavy atom. The zero-order valence-electron chi connectivity index (χ0n) is 6.18. The Morgan fingerprint density at radius 2 is 2.17 bits per heavy atom. The van der Waals surface area contributed by atoms with Gasteiger partial charge in [-0.25, -0.2) is 0 Å². The highest BCUT2D eigenvalue weighted by molar-refractivity contribution is 5.38. The molecular formula is C7H7N3O2. The molecule has 12 heavy (non-hydrogen) atoms. The number of benzene rings is 1. The van der Waals surface area contributed by atoms with Crippen molar-refractivity contribution in [2.24, 2.45) is 5.11 Å². The molecule has 0 heterocycles. The molecule has 5 nitrogen and oxygen atoms in total. The Morgan fingerprint density at radius 3 is 2.75 bits per heavy atom. The Hall–Kier alpha value is -1.87. The first-order valence-corrected chi connectivity index (χ1v) is 3.26. The van der Waals surface area contributed by atoms with E-state index in [-0.39, 0.29) is 18.0 Å².